The number of hydrogen-bond acceptors (Lipinski definition) is 4. The van der Waals surface area contributed by atoms with Gasteiger partial charge in [0.15, 0.2) is 0 Å². The second-order valence-corrected chi connectivity index (χ2v) is 9.99. The van der Waals surface area contributed by atoms with Gasteiger partial charge in [0.05, 0.1) is 22.8 Å². The van der Waals surface area contributed by atoms with E-state index in [0.717, 1.165) is 6.07 Å². The van der Waals surface area contributed by atoms with Crippen LogP contribution in [0.25, 0.3) is 10.8 Å². The average Bonchev–Trinajstić information content (AvgIpc) is 2.88. The van der Waals surface area contributed by atoms with Crippen LogP contribution in [0.2, 0.25) is 0 Å². The van der Waals surface area contributed by atoms with Gasteiger partial charge in [-0.2, -0.15) is 13.2 Å². The lowest BCUT2D eigenvalue weighted by Gasteiger charge is -2.25. The highest BCUT2D eigenvalue weighted by molar-refractivity contribution is 7.93. The summed E-state index contributed by atoms with van der Waals surface area (Å²) in [4.78, 5) is 12.7. The number of alkyl halides is 3. The summed E-state index contributed by atoms with van der Waals surface area (Å²) in [7, 11) is -4.59. The first-order valence-electron chi connectivity index (χ1n) is 11.4. The summed E-state index contributed by atoms with van der Waals surface area (Å²) in [6.45, 7) is 1.37. The van der Waals surface area contributed by atoms with Crippen molar-refractivity contribution in [3.63, 3.8) is 0 Å². The van der Waals surface area contributed by atoms with E-state index in [1.54, 1.807) is 49.4 Å². The molecule has 0 aliphatic carbocycles. The van der Waals surface area contributed by atoms with E-state index in [4.69, 9.17) is 4.74 Å². The summed E-state index contributed by atoms with van der Waals surface area (Å²) < 4.78 is 88.0. The Morgan fingerprint density at radius 2 is 1.63 bits per heavy atom. The summed E-state index contributed by atoms with van der Waals surface area (Å²) in [5, 5.41) is 3.41. The van der Waals surface area contributed by atoms with E-state index >= 15 is 0 Å². The largest absolute Gasteiger partial charge is 0.494 e. The first kappa shape index (κ1) is 26.9. The van der Waals surface area contributed by atoms with Gasteiger partial charge in [0.25, 0.3) is 10.0 Å². The minimum Gasteiger partial charge on any atom is -0.494 e. The van der Waals surface area contributed by atoms with Gasteiger partial charge in [-0.3, -0.25) is 9.10 Å². The van der Waals surface area contributed by atoms with Crippen molar-refractivity contribution in [2.45, 2.75) is 18.0 Å². The average molecular weight is 547 g/mol. The van der Waals surface area contributed by atoms with E-state index in [1.165, 1.54) is 24.3 Å². The molecule has 198 valence electrons. The highest BCUT2D eigenvalue weighted by Crippen LogP contribution is 2.36. The Bertz CT molecular complexity index is 1570. The summed E-state index contributed by atoms with van der Waals surface area (Å²) >= 11 is 0. The third-order valence-corrected chi connectivity index (χ3v) is 7.43. The minimum atomic E-state index is -5.08. The van der Waals surface area contributed by atoms with Crippen LogP contribution in [0.3, 0.4) is 0 Å². The summed E-state index contributed by atoms with van der Waals surface area (Å²) in [5.74, 6) is -1.84. The van der Waals surface area contributed by atoms with Gasteiger partial charge in [0, 0.05) is 11.1 Å². The molecule has 4 aromatic rings. The number of nitrogens with zero attached hydrogens (tertiary/aromatic N) is 1. The Morgan fingerprint density at radius 1 is 0.947 bits per heavy atom. The molecule has 6 nitrogen and oxygen atoms in total. The van der Waals surface area contributed by atoms with E-state index < -0.39 is 45.7 Å². The lowest BCUT2D eigenvalue weighted by atomic mass is 10.1. The van der Waals surface area contributed by atoms with Gasteiger partial charge in [-0.05, 0) is 60.8 Å². The number of benzene rings is 4. The molecule has 0 saturated heterocycles. The molecule has 1 amide bonds. The number of rotatable bonds is 8. The van der Waals surface area contributed by atoms with E-state index in [9.17, 15) is 30.8 Å². The number of nitrogens with one attached hydrogen (secondary N) is 1. The zero-order chi connectivity index (χ0) is 27.5. The molecule has 0 saturated carbocycles. The minimum absolute atomic E-state index is 0.220. The number of amides is 1. The first-order valence-corrected chi connectivity index (χ1v) is 12.8. The Morgan fingerprint density at radius 3 is 2.32 bits per heavy atom. The number of carbonyl (C=O) groups excluding carboxylic acids is 1. The highest BCUT2D eigenvalue weighted by atomic mass is 32.2. The second-order valence-electron chi connectivity index (χ2n) is 8.16. The maximum Gasteiger partial charge on any atom is 0.419 e. The number of anilines is 2. The van der Waals surface area contributed by atoms with Gasteiger partial charge < -0.3 is 10.1 Å². The quantitative estimate of drug-likeness (QED) is 0.266. The molecular weight excluding hydrogens is 524 g/mol. The number of sulfonamides is 1. The lowest BCUT2D eigenvalue weighted by molar-refractivity contribution is -0.139. The third kappa shape index (κ3) is 5.72. The van der Waals surface area contributed by atoms with Crippen molar-refractivity contribution >= 4 is 38.1 Å². The van der Waals surface area contributed by atoms with Crippen LogP contribution < -0.4 is 14.4 Å². The molecule has 0 fully saturated rings. The van der Waals surface area contributed by atoms with Crippen molar-refractivity contribution in [2.24, 2.45) is 0 Å². The van der Waals surface area contributed by atoms with E-state index in [-0.39, 0.29) is 4.90 Å². The molecule has 0 spiro atoms. The van der Waals surface area contributed by atoms with Crippen molar-refractivity contribution < 1.29 is 35.5 Å². The van der Waals surface area contributed by atoms with Crippen LogP contribution in [0, 0.1) is 5.82 Å². The molecule has 0 radical (unpaired) electrons. The molecule has 0 aromatic heterocycles. The topological polar surface area (TPSA) is 75.7 Å². The van der Waals surface area contributed by atoms with Crippen LogP contribution in [0.5, 0.6) is 5.75 Å². The standard InChI is InChI=1S/C27H22F4N2O4S/c1-2-37-21-13-10-19(11-14-21)32-26(34)17-33(20-12-15-24(28)23(16-20)27(29,30)31)38(35,36)25-9-5-7-18-6-3-4-8-22(18)25/h3-16H,2,17H2,1H3,(H,32,34). The monoisotopic (exact) mass is 546 g/mol. The van der Waals surface area contributed by atoms with Gasteiger partial charge in [-0.1, -0.05) is 36.4 Å². The van der Waals surface area contributed by atoms with E-state index in [0.29, 0.717) is 45.3 Å². The molecule has 0 bridgehead atoms. The first-order chi connectivity index (χ1) is 18.0. The number of halogens is 4. The van der Waals surface area contributed by atoms with Crippen LogP contribution in [0.4, 0.5) is 28.9 Å². The van der Waals surface area contributed by atoms with Crippen LogP contribution in [-0.4, -0.2) is 27.5 Å². The van der Waals surface area contributed by atoms with E-state index in [2.05, 4.69) is 5.32 Å². The molecule has 0 heterocycles. The number of ether oxygens (including phenoxy) is 1. The molecule has 4 rings (SSSR count). The van der Waals surface area contributed by atoms with Gasteiger partial charge >= 0.3 is 6.18 Å². The summed E-state index contributed by atoms with van der Waals surface area (Å²) in [6, 6.07) is 19.0. The van der Waals surface area contributed by atoms with Crippen LogP contribution in [0.1, 0.15) is 12.5 Å². The van der Waals surface area contributed by atoms with Crippen LogP contribution >= 0.6 is 0 Å². The molecule has 0 aliphatic heterocycles. The molecule has 4 aromatic carbocycles. The van der Waals surface area contributed by atoms with Crippen molar-refractivity contribution in [1.29, 1.82) is 0 Å². The van der Waals surface area contributed by atoms with Gasteiger partial charge in [-0.15, -0.1) is 0 Å². The van der Waals surface area contributed by atoms with Crippen molar-refractivity contribution in [2.75, 3.05) is 22.8 Å². The Kier molecular flexibility index (Phi) is 7.58. The maximum absolute atomic E-state index is 14.0. The smallest absolute Gasteiger partial charge is 0.419 e. The second kappa shape index (κ2) is 10.7. The molecule has 0 atom stereocenters. The molecule has 11 heteroatoms. The molecule has 38 heavy (non-hydrogen) atoms. The molecule has 0 aliphatic rings. The Hall–Kier alpha value is -4.12. The zero-order valence-electron chi connectivity index (χ0n) is 20.0. The molecule has 1 N–H and O–H groups in total. The lowest BCUT2D eigenvalue weighted by Crippen LogP contribution is -2.38. The van der Waals surface area contributed by atoms with Crippen molar-refractivity contribution in [1.82, 2.24) is 0 Å². The third-order valence-electron chi connectivity index (χ3n) is 5.60. The van der Waals surface area contributed by atoms with Crippen molar-refractivity contribution in [3.05, 3.63) is 96.3 Å². The SMILES string of the molecule is CCOc1ccc(NC(=O)CN(c2ccc(F)c(C(F)(F)F)c2)S(=O)(=O)c2cccc3ccccc23)cc1. The number of fused-ring (bicyclic) bond motifs is 1. The fourth-order valence-corrected chi connectivity index (χ4v) is 5.50. The fraction of sp³-hybridized carbons (Fsp3) is 0.148. The van der Waals surface area contributed by atoms with E-state index in [1.807, 2.05) is 0 Å². The normalized spacial score (nSPS) is 11.8. The predicted octanol–water partition coefficient (Wildman–Crippen LogP) is 6.23. The van der Waals surface area contributed by atoms with Crippen LogP contribution in [-0.2, 0) is 21.0 Å². The fourth-order valence-electron chi connectivity index (χ4n) is 3.87. The predicted molar refractivity (Wildman–Crippen MR) is 136 cm³/mol. The highest BCUT2D eigenvalue weighted by Gasteiger charge is 2.36. The van der Waals surface area contributed by atoms with Gasteiger partial charge in [0.1, 0.15) is 18.1 Å². The number of hydrogen-bond donors (Lipinski definition) is 1. The summed E-state index contributed by atoms with van der Waals surface area (Å²) in [5.41, 5.74) is -1.86. The van der Waals surface area contributed by atoms with Crippen molar-refractivity contribution in [3.8, 4) is 5.75 Å². The summed E-state index contributed by atoms with van der Waals surface area (Å²) in [6.07, 6.45) is -5.08. The Balaban J connectivity index is 1.77. The van der Waals surface area contributed by atoms with Gasteiger partial charge in [-0.25, -0.2) is 12.8 Å². The molecule has 0 unspecified atom stereocenters. The Labute approximate surface area is 216 Å². The van der Waals surface area contributed by atoms with Crippen LogP contribution in [0.15, 0.2) is 89.8 Å². The van der Waals surface area contributed by atoms with Gasteiger partial charge in [0.2, 0.25) is 5.91 Å². The number of carbonyl (C=O) groups is 1. The maximum atomic E-state index is 14.0. The zero-order valence-corrected chi connectivity index (χ0v) is 20.8. The molecular formula is C27H22F4N2O4S.